The van der Waals surface area contributed by atoms with Crippen molar-refractivity contribution in [3.63, 3.8) is 0 Å². The Kier molecular flexibility index (Phi) is 6.45. The second-order valence-electron chi connectivity index (χ2n) is 8.31. The summed E-state index contributed by atoms with van der Waals surface area (Å²) in [6.07, 6.45) is 0. The summed E-state index contributed by atoms with van der Waals surface area (Å²) in [5.74, 6) is -0.664. The highest BCUT2D eigenvalue weighted by Crippen LogP contribution is 2.25. The molecule has 1 aliphatic rings. The van der Waals surface area contributed by atoms with E-state index in [-0.39, 0.29) is 28.6 Å². The average molecular weight is 534 g/mol. The van der Waals surface area contributed by atoms with Crippen LogP contribution in [-0.4, -0.2) is 58.4 Å². The van der Waals surface area contributed by atoms with E-state index in [0.717, 1.165) is 23.3 Å². The zero-order valence-electron chi connectivity index (χ0n) is 18.7. The summed E-state index contributed by atoms with van der Waals surface area (Å²) in [7, 11) is -3.78. The number of rotatable bonds is 5. The molecule has 12 heteroatoms. The van der Waals surface area contributed by atoms with Gasteiger partial charge < -0.3 is 0 Å². The van der Waals surface area contributed by atoms with E-state index in [4.69, 9.17) is 11.6 Å². The van der Waals surface area contributed by atoms with Crippen LogP contribution in [0, 0.1) is 12.7 Å². The maximum Gasteiger partial charge on any atom is 0.275 e. The van der Waals surface area contributed by atoms with Crippen LogP contribution in [-0.2, 0) is 16.6 Å². The molecule has 35 heavy (non-hydrogen) atoms. The Morgan fingerprint density at radius 3 is 2.46 bits per heavy atom. The number of benzene rings is 2. The second-order valence-corrected chi connectivity index (χ2v) is 11.6. The maximum absolute atomic E-state index is 13.4. The van der Waals surface area contributed by atoms with Crippen LogP contribution in [0.5, 0.6) is 0 Å². The lowest BCUT2D eigenvalue weighted by Gasteiger charge is -2.33. The minimum absolute atomic E-state index is 0.0351. The van der Waals surface area contributed by atoms with Gasteiger partial charge in [0.2, 0.25) is 15.0 Å². The third-order valence-electron chi connectivity index (χ3n) is 5.84. The highest BCUT2D eigenvalue weighted by Gasteiger charge is 2.29. The van der Waals surface area contributed by atoms with E-state index in [1.165, 1.54) is 32.3 Å². The summed E-state index contributed by atoms with van der Waals surface area (Å²) in [6, 6.07) is 12.8. The van der Waals surface area contributed by atoms with Crippen molar-refractivity contribution in [2.75, 3.05) is 26.2 Å². The minimum atomic E-state index is -3.78. The lowest BCUT2D eigenvalue weighted by atomic mass is 10.2. The molecule has 8 nitrogen and oxygen atoms in total. The first-order valence-corrected chi connectivity index (χ1v) is 13.5. The second kappa shape index (κ2) is 9.40. The van der Waals surface area contributed by atoms with Gasteiger partial charge in [-0.3, -0.25) is 9.69 Å². The van der Waals surface area contributed by atoms with Crippen LogP contribution in [0.25, 0.3) is 15.5 Å². The first-order chi connectivity index (χ1) is 16.7. The first kappa shape index (κ1) is 24.0. The van der Waals surface area contributed by atoms with Gasteiger partial charge in [-0.05, 0) is 25.1 Å². The largest absolute Gasteiger partial charge is 0.295 e. The molecule has 0 saturated carbocycles. The van der Waals surface area contributed by atoms with Crippen LogP contribution >= 0.6 is 22.9 Å². The number of nitrogens with zero attached hydrogens (tertiary/aromatic N) is 5. The molecule has 0 spiro atoms. The standard InChI is InChI=1S/C23H21ClFN5O3S2/c1-15-2-4-16(5-3-15)22-27-30-21(31)12-17(26-23(30)34-22)14-28-8-10-29(11-9-28)35(32,33)18-6-7-20(25)19(24)13-18/h2-7,12-13H,8-11,14H2,1H3. The highest BCUT2D eigenvalue weighted by atomic mass is 35.5. The van der Waals surface area contributed by atoms with E-state index < -0.39 is 15.8 Å². The average Bonchev–Trinajstić information content (AvgIpc) is 3.26. The molecule has 2 aromatic carbocycles. The topological polar surface area (TPSA) is 87.9 Å². The van der Waals surface area contributed by atoms with E-state index in [1.807, 2.05) is 36.1 Å². The Hall–Kier alpha value is -2.70. The summed E-state index contributed by atoms with van der Waals surface area (Å²) in [6.45, 7) is 3.88. The molecule has 4 aromatic rings. The Balaban J connectivity index is 1.29. The van der Waals surface area contributed by atoms with Crippen molar-refractivity contribution in [2.45, 2.75) is 18.4 Å². The van der Waals surface area contributed by atoms with Gasteiger partial charge in [-0.25, -0.2) is 17.8 Å². The van der Waals surface area contributed by atoms with Gasteiger partial charge in [-0.2, -0.15) is 13.9 Å². The Bertz CT molecular complexity index is 1560. The van der Waals surface area contributed by atoms with Crippen LogP contribution in [0.3, 0.4) is 0 Å². The Labute approximate surface area is 210 Å². The smallest absolute Gasteiger partial charge is 0.275 e. The number of fused-ring (bicyclic) bond motifs is 1. The SMILES string of the molecule is Cc1ccc(-c2nn3c(=O)cc(CN4CCN(S(=O)(=O)c5ccc(F)c(Cl)c5)CC4)nc3s2)cc1. The number of hydrogen-bond donors (Lipinski definition) is 0. The number of piperazine rings is 1. The molecule has 3 heterocycles. The molecule has 2 aromatic heterocycles. The van der Waals surface area contributed by atoms with Crippen LogP contribution in [0.1, 0.15) is 11.3 Å². The normalized spacial score (nSPS) is 15.6. The summed E-state index contributed by atoms with van der Waals surface area (Å²) >= 11 is 7.11. The summed E-state index contributed by atoms with van der Waals surface area (Å²) in [5, 5.41) is 4.90. The number of hydrogen-bond acceptors (Lipinski definition) is 7. The van der Waals surface area contributed by atoms with Crippen LogP contribution in [0.2, 0.25) is 5.02 Å². The summed E-state index contributed by atoms with van der Waals surface area (Å²) < 4.78 is 41.9. The molecular formula is C23H21ClFN5O3S2. The molecule has 0 aliphatic carbocycles. The molecule has 0 amide bonds. The predicted molar refractivity (Wildman–Crippen MR) is 133 cm³/mol. The maximum atomic E-state index is 13.4. The van der Waals surface area contributed by atoms with Crippen molar-refractivity contribution < 1.29 is 12.8 Å². The zero-order chi connectivity index (χ0) is 24.7. The lowest BCUT2D eigenvalue weighted by Crippen LogP contribution is -2.48. The molecule has 182 valence electrons. The van der Waals surface area contributed by atoms with Crippen molar-refractivity contribution in [3.05, 3.63) is 81.0 Å². The number of aromatic nitrogens is 3. The van der Waals surface area contributed by atoms with Gasteiger partial charge >= 0.3 is 0 Å². The molecule has 1 aliphatic heterocycles. The van der Waals surface area contributed by atoms with Gasteiger partial charge in [0.05, 0.1) is 15.6 Å². The van der Waals surface area contributed by atoms with E-state index in [0.29, 0.717) is 35.3 Å². The van der Waals surface area contributed by atoms with Gasteiger partial charge in [-0.1, -0.05) is 52.8 Å². The summed E-state index contributed by atoms with van der Waals surface area (Å²) in [4.78, 5) is 19.8. The third kappa shape index (κ3) is 4.87. The van der Waals surface area contributed by atoms with Gasteiger partial charge in [0.1, 0.15) is 10.8 Å². The molecule has 0 radical (unpaired) electrons. The van der Waals surface area contributed by atoms with Crippen molar-refractivity contribution >= 4 is 37.9 Å². The first-order valence-electron chi connectivity index (χ1n) is 10.8. The monoisotopic (exact) mass is 533 g/mol. The third-order valence-corrected chi connectivity index (χ3v) is 8.98. The Morgan fingerprint density at radius 1 is 1.06 bits per heavy atom. The van der Waals surface area contributed by atoms with Crippen LogP contribution in [0.4, 0.5) is 4.39 Å². The molecule has 0 bridgehead atoms. The van der Waals surface area contributed by atoms with Gasteiger partial charge in [-0.15, -0.1) is 0 Å². The zero-order valence-corrected chi connectivity index (χ0v) is 21.1. The Morgan fingerprint density at radius 2 is 1.77 bits per heavy atom. The van der Waals surface area contributed by atoms with Gasteiger partial charge in [0, 0.05) is 44.4 Å². The van der Waals surface area contributed by atoms with Crippen LogP contribution in [0.15, 0.2) is 58.2 Å². The fourth-order valence-corrected chi connectivity index (χ4v) is 6.52. The molecule has 0 N–H and O–H groups in total. The molecule has 1 saturated heterocycles. The minimum Gasteiger partial charge on any atom is -0.295 e. The van der Waals surface area contributed by atoms with Gasteiger partial charge in [0.15, 0.2) is 0 Å². The molecule has 5 rings (SSSR count). The van der Waals surface area contributed by atoms with Crippen molar-refractivity contribution in [2.24, 2.45) is 0 Å². The number of aryl methyl sites for hydroxylation is 1. The number of sulfonamides is 1. The highest BCUT2D eigenvalue weighted by molar-refractivity contribution is 7.89. The van der Waals surface area contributed by atoms with E-state index in [9.17, 15) is 17.6 Å². The van der Waals surface area contributed by atoms with Crippen molar-refractivity contribution in [3.8, 4) is 10.6 Å². The van der Waals surface area contributed by atoms with Gasteiger partial charge in [0.25, 0.3) is 5.56 Å². The summed E-state index contributed by atoms with van der Waals surface area (Å²) in [5.41, 5.74) is 2.42. The van der Waals surface area contributed by atoms with Crippen molar-refractivity contribution in [1.29, 1.82) is 0 Å². The number of halogens is 2. The van der Waals surface area contributed by atoms with E-state index in [2.05, 4.69) is 10.1 Å². The molecule has 0 atom stereocenters. The lowest BCUT2D eigenvalue weighted by molar-refractivity contribution is 0.180. The van der Waals surface area contributed by atoms with Crippen LogP contribution < -0.4 is 5.56 Å². The van der Waals surface area contributed by atoms with E-state index >= 15 is 0 Å². The molecular weight excluding hydrogens is 513 g/mol. The fraction of sp³-hybridized carbons (Fsp3) is 0.261. The fourth-order valence-electron chi connectivity index (χ4n) is 3.89. The van der Waals surface area contributed by atoms with E-state index in [1.54, 1.807) is 0 Å². The quantitative estimate of drug-likeness (QED) is 0.390. The van der Waals surface area contributed by atoms with Crippen molar-refractivity contribution in [1.82, 2.24) is 23.8 Å². The predicted octanol–water partition coefficient (Wildman–Crippen LogP) is 3.43. The molecule has 1 fully saturated rings. The molecule has 0 unspecified atom stereocenters.